The number of nitro groups is 1. The van der Waals surface area contributed by atoms with Gasteiger partial charge >= 0.3 is 12.1 Å². The van der Waals surface area contributed by atoms with E-state index in [1.54, 1.807) is 20.8 Å². The number of hydrogen-bond acceptors (Lipinski definition) is 5. The molecule has 1 aromatic carbocycles. The van der Waals surface area contributed by atoms with Crippen molar-refractivity contribution >= 4 is 23.4 Å². The number of nitro benzene ring substituents is 1. The van der Waals surface area contributed by atoms with Gasteiger partial charge in [0.05, 0.1) is 16.6 Å². The normalized spacial score (nSPS) is 10.9. The van der Waals surface area contributed by atoms with Gasteiger partial charge in [-0.05, 0) is 26.8 Å². The Morgan fingerprint density at radius 2 is 1.95 bits per heavy atom. The number of halogens is 1. The zero-order chi connectivity index (χ0) is 16.4. The van der Waals surface area contributed by atoms with E-state index >= 15 is 0 Å². The molecule has 9 heteroatoms. The van der Waals surface area contributed by atoms with Gasteiger partial charge in [0.2, 0.25) is 0 Å². The second-order valence-electron chi connectivity index (χ2n) is 5.04. The van der Waals surface area contributed by atoms with Crippen LogP contribution < -0.4 is 5.32 Å². The predicted molar refractivity (Wildman–Crippen MR) is 69.9 cm³/mol. The predicted octanol–water partition coefficient (Wildman–Crippen LogP) is 2.78. The number of amides is 1. The minimum atomic E-state index is -1.62. The second-order valence-corrected chi connectivity index (χ2v) is 5.04. The van der Waals surface area contributed by atoms with Gasteiger partial charge in [0.1, 0.15) is 17.1 Å². The summed E-state index contributed by atoms with van der Waals surface area (Å²) in [4.78, 5) is 32.5. The van der Waals surface area contributed by atoms with Crippen molar-refractivity contribution in [2.45, 2.75) is 26.4 Å². The van der Waals surface area contributed by atoms with Crippen molar-refractivity contribution in [3.8, 4) is 0 Å². The number of carbonyl (C=O) groups is 2. The molecule has 1 aromatic rings. The fourth-order valence-corrected chi connectivity index (χ4v) is 1.44. The number of carbonyl (C=O) groups excluding carboxylic acids is 1. The Morgan fingerprint density at radius 1 is 1.38 bits per heavy atom. The molecule has 0 spiro atoms. The van der Waals surface area contributed by atoms with Crippen LogP contribution in [0.15, 0.2) is 12.1 Å². The van der Waals surface area contributed by atoms with Gasteiger partial charge in [-0.1, -0.05) is 0 Å². The lowest BCUT2D eigenvalue weighted by Gasteiger charge is -2.20. The van der Waals surface area contributed by atoms with Crippen LogP contribution in [0.2, 0.25) is 0 Å². The highest BCUT2D eigenvalue weighted by Crippen LogP contribution is 2.30. The first-order valence-electron chi connectivity index (χ1n) is 5.72. The van der Waals surface area contributed by atoms with Crippen LogP contribution in [0.4, 0.5) is 20.6 Å². The number of nitrogens with zero attached hydrogens (tertiary/aromatic N) is 1. The van der Waals surface area contributed by atoms with Crippen LogP contribution in [0.25, 0.3) is 0 Å². The van der Waals surface area contributed by atoms with Crippen molar-refractivity contribution in [1.29, 1.82) is 0 Å². The first-order valence-corrected chi connectivity index (χ1v) is 5.72. The van der Waals surface area contributed by atoms with Gasteiger partial charge < -0.3 is 9.84 Å². The summed E-state index contributed by atoms with van der Waals surface area (Å²) < 4.78 is 18.1. The van der Waals surface area contributed by atoms with Crippen LogP contribution in [-0.2, 0) is 4.74 Å². The number of rotatable bonds is 3. The Morgan fingerprint density at radius 3 is 2.38 bits per heavy atom. The molecule has 8 nitrogen and oxygen atoms in total. The lowest BCUT2D eigenvalue weighted by molar-refractivity contribution is -0.384. The van der Waals surface area contributed by atoms with Gasteiger partial charge in [-0.2, -0.15) is 0 Å². The highest BCUT2D eigenvalue weighted by molar-refractivity contribution is 6.01. The molecule has 0 heterocycles. The molecule has 21 heavy (non-hydrogen) atoms. The number of carboxylic acids is 1. The number of ether oxygens (including phenoxy) is 1. The molecule has 0 aliphatic carbocycles. The summed E-state index contributed by atoms with van der Waals surface area (Å²) in [7, 11) is 0. The zero-order valence-corrected chi connectivity index (χ0v) is 11.5. The third kappa shape index (κ3) is 4.41. The second kappa shape index (κ2) is 5.73. The fraction of sp³-hybridized carbons (Fsp3) is 0.333. The van der Waals surface area contributed by atoms with Crippen molar-refractivity contribution in [1.82, 2.24) is 0 Å². The molecular formula is C12H13FN2O6. The number of nitrogens with one attached hydrogen (secondary N) is 1. The van der Waals surface area contributed by atoms with Crippen molar-refractivity contribution in [2.75, 3.05) is 5.32 Å². The molecule has 2 N–H and O–H groups in total. The topological polar surface area (TPSA) is 119 Å². The van der Waals surface area contributed by atoms with E-state index in [-0.39, 0.29) is 0 Å². The minimum Gasteiger partial charge on any atom is -0.478 e. The van der Waals surface area contributed by atoms with Gasteiger partial charge in [-0.15, -0.1) is 0 Å². The van der Waals surface area contributed by atoms with Gasteiger partial charge in [-0.25, -0.2) is 14.0 Å². The molecule has 0 unspecified atom stereocenters. The molecule has 1 amide bonds. The van der Waals surface area contributed by atoms with E-state index < -0.39 is 45.3 Å². The van der Waals surface area contributed by atoms with Crippen LogP contribution in [0.3, 0.4) is 0 Å². The maximum atomic E-state index is 13.2. The highest BCUT2D eigenvalue weighted by atomic mass is 19.1. The molecule has 0 saturated carbocycles. The molecule has 0 aliphatic rings. The van der Waals surface area contributed by atoms with E-state index in [1.165, 1.54) is 0 Å². The zero-order valence-electron chi connectivity index (χ0n) is 11.5. The van der Waals surface area contributed by atoms with Crippen LogP contribution in [0, 0.1) is 15.9 Å². The molecule has 0 bridgehead atoms. The van der Waals surface area contributed by atoms with Crippen molar-refractivity contribution < 1.29 is 28.7 Å². The van der Waals surface area contributed by atoms with Crippen molar-refractivity contribution in [2.24, 2.45) is 0 Å². The van der Waals surface area contributed by atoms with Crippen LogP contribution in [-0.4, -0.2) is 27.7 Å². The fourth-order valence-electron chi connectivity index (χ4n) is 1.44. The molecule has 0 aromatic heterocycles. The first-order chi connectivity index (χ1) is 9.51. The average Bonchev–Trinajstić information content (AvgIpc) is 2.27. The lowest BCUT2D eigenvalue weighted by Crippen LogP contribution is -2.28. The average molecular weight is 300 g/mol. The molecule has 0 aliphatic heterocycles. The van der Waals surface area contributed by atoms with Gasteiger partial charge in [-0.3, -0.25) is 15.4 Å². The lowest BCUT2D eigenvalue weighted by atomic mass is 10.1. The van der Waals surface area contributed by atoms with E-state index in [1.807, 2.05) is 5.32 Å². The van der Waals surface area contributed by atoms with E-state index in [2.05, 4.69) is 0 Å². The molecule has 0 fully saturated rings. The summed E-state index contributed by atoms with van der Waals surface area (Å²) >= 11 is 0. The number of benzene rings is 1. The maximum absolute atomic E-state index is 13.2. The summed E-state index contributed by atoms with van der Waals surface area (Å²) in [5.74, 6) is -2.72. The molecule has 0 radical (unpaired) electrons. The first kappa shape index (κ1) is 16.3. The molecular weight excluding hydrogens is 287 g/mol. The largest absolute Gasteiger partial charge is 0.478 e. The number of aromatic carboxylic acids is 1. The van der Waals surface area contributed by atoms with Gasteiger partial charge in [0.15, 0.2) is 0 Å². The Labute approximate surface area is 118 Å². The summed E-state index contributed by atoms with van der Waals surface area (Å²) in [5, 5.41) is 21.8. The van der Waals surface area contributed by atoms with Crippen molar-refractivity contribution in [3.63, 3.8) is 0 Å². The van der Waals surface area contributed by atoms with E-state index in [0.717, 1.165) is 0 Å². The minimum absolute atomic E-state index is 0.513. The SMILES string of the molecule is CC(C)(C)OC(=O)Nc1c(C(=O)O)cc(F)cc1[N+](=O)[O-]. The monoisotopic (exact) mass is 300 g/mol. The molecule has 0 saturated heterocycles. The number of carboxylic acid groups (broad SMARTS) is 1. The standard InChI is InChI=1S/C12H13FN2O6/c1-12(2,3)21-11(18)14-9-7(10(16)17)4-6(13)5-8(9)15(19)20/h4-5H,1-3H3,(H,14,18)(H,16,17). The van der Waals surface area contributed by atoms with E-state index in [0.29, 0.717) is 12.1 Å². The Balaban J connectivity index is 3.29. The summed E-state index contributed by atoms with van der Waals surface area (Å²) in [5.41, 5.74) is -3.14. The van der Waals surface area contributed by atoms with Gasteiger partial charge in [0, 0.05) is 0 Å². The summed E-state index contributed by atoms with van der Waals surface area (Å²) in [6, 6.07) is 1.08. The van der Waals surface area contributed by atoms with Gasteiger partial charge in [0.25, 0.3) is 5.69 Å². The number of hydrogen-bond donors (Lipinski definition) is 2. The quantitative estimate of drug-likeness (QED) is 0.654. The van der Waals surface area contributed by atoms with Crippen LogP contribution in [0.1, 0.15) is 31.1 Å². The van der Waals surface area contributed by atoms with Crippen LogP contribution in [0.5, 0.6) is 0 Å². The molecule has 0 atom stereocenters. The van der Waals surface area contributed by atoms with Crippen molar-refractivity contribution in [3.05, 3.63) is 33.6 Å². The summed E-state index contributed by atoms with van der Waals surface area (Å²) in [6.45, 7) is 4.68. The number of anilines is 1. The van der Waals surface area contributed by atoms with E-state index in [4.69, 9.17) is 9.84 Å². The molecule has 114 valence electrons. The highest BCUT2D eigenvalue weighted by Gasteiger charge is 2.27. The van der Waals surface area contributed by atoms with Crippen LogP contribution >= 0.6 is 0 Å². The third-order valence-corrected chi connectivity index (χ3v) is 2.14. The summed E-state index contributed by atoms with van der Waals surface area (Å²) in [6.07, 6.45) is -1.08. The Hall–Kier alpha value is -2.71. The third-order valence-electron chi connectivity index (χ3n) is 2.14. The maximum Gasteiger partial charge on any atom is 0.412 e. The Kier molecular flexibility index (Phi) is 4.46. The Bertz CT molecular complexity index is 573. The molecule has 1 rings (SSSR count). The smallest absolute Gasteiger partial charge is 0.412 e. The van der Waals surface area contributed by atoms with E-state index in [9.17, 15) is 24.1 Å².